The number of rotatable bonds is 3. The predicted molar refractivity (Wildman–Crippen MR) is 75.4 cm³/mol. The van der Waals surface area contributed by atoms with Crippen molar-refractivity contribution >= 4 is 27.6 Å². The van der Waals surface area contributed by atoms with Crippen LogP contribution in [0.4, 0.5) is 0 Å². The smallest absolute Gasteiger partial charge is 0.337 e. The van der Waals surface area contributed by atoms with E-state index in [1.807, 2.05) is 0 Å². The first kappa shape index (κ1) is 15.3. The molecule has 1 aromatic carbocycles. The fourth-order valence-corrected chi connectivity index (χ4v) is 4.09. The van der Waals surface area contributed by atoms with Crippen LogP contribution in [-0.2, 0) is 14.8 Å². The maximum absolute atomic E-state index is 12.5. The molecule has 1 aliphatic heterocycles. The fraction of sp³-hybridized carbons (Fsp3) is 0.462. The minimum atomic E-state index is -3.61. The number of sulfonamides is 1. The van der Waals surface area contributed by atoms with Gasteiger partial charge in [0.25, 0.3) is 0 Å². The van der Waals surface area contributed by atoms with Crippen molar-refractivity contribution in [1.29, 1.82) is 0 Å². The SMILES string of the molecule is COC(=O)c1cc(Cl)cc(S(=O)(=O)N2CCCCC2)c1. The lowest BCUT2D eigenvalue weighted by atomic mass is 10.2. The molecule has 1 heterocycles. The van der Waals surface area contributed by atoms with Gasteiger partial charge in [-0.2, -0.15) is 4.31 Å². The van der Waals surface area contributed by atoms with Crippen LogP contribution in [0.3, 0.4) is 0 Å². The van der Waals surface area contributed by atoms with Crippen LogP contribution in [-0.4, -0.2) is 38.9 Å². The van der Waals surface area contributed by atoms with Gasteiger partial charge in [0.1, 0.15) is 0 Å². The molecule has 0 amide bonds. The second-order valence-corrected chi connectivity index (χ2v) is 7.01. The zero-order valence-corrected chi connectivity index (χ0v) is 12.7. The fourth-order valence-electron chi connectivity index (χ4n) is 2.20. The Bertz CT molecular complexity index is 609. The number of piperidine rings is 1. The lowest BCUT2D eigenvalue weighted by Gasteiger charge is -2.26. The van der Waals surface area contributed by atoms with Crippen LogP contribution in [0.15, 0.2) is 23.1 Å². The lowest BCUT2D eigenvalue weighted by molar-refractivity contribution is 0.0600. The number of ether oxygens (including phenoxy) is 1. The quantitative estimate of drug-likeness (QED) is 0.802. The highest BCUT2D eigenvalue weighted by Gasteiger charge is 2.27. The van der Waals surface area contributed by atoms with Crippen molar-refractivity contribution in [3.63, 3.8) is 0 Å². The van der Waals surface area contributed by atoms with Crippen LogP contribution in [0.1, 0.15) is 29.6 Å². The summed E-state index contributed by atoms with van der Waals surface area (Å²) in [6.45, 7) is 1.00. The molecule has 2 rings (SSSR count). The average Bonchev–Trinajstić information content (AvgIpc) is 2.46. The van der Waals surface area contributed by atoms with Crippen molar-refractivity contribution in [2.45, 2.75) is 24.2 Å². The summed E-state index contributed by atoms with van der Waals surface area (Å²) in [5.74, 6) is -0.609. The van der Waals surface area contributed by atoms with E-state index in [0.717, 1.165) is 19.3 Å². The molecule has 0 saturated carbocycles. The largest absolute Gasteiger partial charge is 0.465 e. The van der Waals surface area contributed by atoms with Crippen LogP contribution in [0.5, 0.6) is 0 Å². The summed E-state index contributed by atoms with van der Waals surface area (Å²) >= 11 is 5.91. The van der Waals surface area contributed by atoms with E-state index in [-0.39, 0.29) is 15.5 Å². The normalized spacial score (nSPS) is 16.9. The Morgan fingerprint density at radius 1 is 1.20 bits per heavy atom. The summed E-state index contributed by atoms with van der Waals surface area (Å²) in [6.07, 6.45) is 2.74. The van der Waals surface area contributed by atoms with Crippen molar-refractivity contribution in [3.05, 3.63) is 28.8 Å². The summed E-state index contributed by atoms with van der Waals surface area (Å²) in [5, 5.41) is 0.198. The summed E-state index contributed by atoms with van der Waals surface area (Å²) in [4.78, 5) is 11.6. The number of carbonyl (C=O) groups excluding carboxylic acids is 1. The molecule has 0 bridgehead atoms. The molecular formula is C13H16ClNO4S. The Morgan fingerprint density at radius 2 is 1.85 bits per heavy atom. The Labute approximate surface area is 123 Å². The third-order valence-electron chi connectivity index (χ3n) is 3.25. The first-order valence-electron chi connectivity index (χ1n) is 6.34. The van der Waals surface area contributed by atoms with E-state index in [2.05, 4.69) is 4.74 Å². The Balaban J connectivity index is 2.40. The topological polar surface area (TPSA) is 63.7 Å². The maximum Gasteiger partial charge on any atom is 0.337 e. The molecule has 0 N–H and O–H groups in total. The van der Waals surface area contributed by atoms with Crippen LogP contribution in [0, 0.1) is 0 Å². The molecule has 1 aliphatic rings. The predicted octanol–water partition coefficient (Wildman–Crippen LogP) is 2.30. The number of nitrogens with zero attached hydrogens (tertiary/aromatic N) is 1. The number of halogens is 1. The first-order chi connectivity index (χ1) is 9.45. The number of carbonyl (C=O) groups is 1. The maximum atomic E-state index is 12.5. The Morgan fingerprint density at radius 3 is 2.45 bits per heavy atom. The zero-order valence-electron chi connectivity index (χ0n) is 11.1. The second-order valence-electron chi connectivity index (χ2n) is 4.63. The number of hydrogen-bond donors (Lipinski definition) is 0. The van der Waals surface area contributed by atoms with Gasteiger partial charge in [0.15, 0.2) is 0 Å². The van der Waals surface area contributed by atoms with E-state index in [1.54, 1.807) is 0 Å². The third-order valence-corrected chi connectivity index (χ3v) is 5.34. The van der Waals surface area contributed by atoms with Crippen LogP contribution in [0.2, 0.25) is 5.02 Å². The van der Waals surface area contributed by atoms with Crippen molar-refractivity contribution < 1.29 is 17.9 Å². The van der Waals surface area contributed by atoms with Gasteiger partial charge in [0.2, 0.25) is 10.0 Å². The number of benzene rings is 1. The summed E-state index contributed by atoms with van der Waals surface area (Å²) in [6, 6.07) is 4.06. The Kier molecular flexibility index (Phi) is 4.67. The summed E-state index contributed by atoms with van der Waals surface area (Å²) in [5.41, 5.74) is 0.135. The van der Waals surface area contributed by atoms with Crippen LogP contribution in [0.25, 0.3) is 0 Å². The molecule has 0 unspecified atom stereocenters. The molecule has 110 valence electrons. The van der Waals surface area contributed by atoms with Gasteiger partial charge in [0, 0.05) is 18.1 Å². The molecule has 7 heteroatoms. The highest BCUT2D eigenvalue weighted by Crippen LogP contribution is 2.25. The van der Waals surface area contributed by atoms with E-state index >= 15 is 0 Å². The highest BCUT2D eigenvalue weighted by molar-refractivity contribution is 7.89. The van der Waals surface area contributed by atoms with Gasteiger partial charge < -0.3 is 4.74 Å². The number of esters is 1. The van der Waals surface area contributed by atoms with Crippen molar-refractivity contribution in [2.75, 3.05) is 20.2 Å². The number of methoxy groups -OCH3 is 1. The average molecular weight is 318 g/mol. The van der Waals surface area contributed by atoms with Gasteiger partial charge in [-0.25, -0.2) is 13.2 Å². The van der Waals surface area contributed by atoms with Crippen molar-refractivity contribution in [3.8, 4) is 0 Å². The molecule has 1 fully saturated rings. The summed E-state index contributed by atoms with van der Waals surface area (Å²) < 4.78 is 31.1. The standard InChI is InChI=1S/C13H16ClNO4S/c1-19-13(16)10-7-11(14)9-12(8-10)20(17,18)15-5-3-2-4-6-15/h7-9H,2-6H2,1H3. The van der Waals surface area contributed by atoms with Gasteiger partial charge in [-0.15, -0.1) is 0 Å². The molecule has 1 saturated heterocycles. The second kappa shape index (κ2) is 6.11. The molecule has 5 nitrogen and oxygen atoms in total. The molecule has 0 aliphatic carbocycles. The van der Waals surface area contributed by atoms with Gasteiger partial charge in [0.05, 0.1) is 17.6 Å². The van der Waals surface area contributed by atoms with Gasteiger partial charge in [-0.05, 0) is 31.0 Å². The Hall–Kier alpha value is -1.11. The van der Waals surface area contributed by atoms with Gasteiger partial charge >= 0.3 is 5.97 Å². The van der Waals surface area contributed by atoms with Gasteiger partial charge in [-0.1, -0.05) is 18.0 Å². The van der Waals surface area contributed by atoms with Crippen molar-refractivity contribution in [1.82, 2.24) is 4.31 Å². The van der Waals surface area contributed by atoms with E-state index in [9.17, 15) is 13.2 Å². The third kappa shape index (κ3) is 3.13. The summed E-state index contributed by atoms with van der Waals surface area (Å²) in [7, 11) is -2.37. The lowest BCUT2D eigenvalue weighted by Crippen LogP contribution is -2.35. The molecule has 1 aromatic rings. The van der Waals surface area contributed by atoms with Gasteiger partial charge in [-0.3, -0.25) is 0 Å². The van der Waals surface area contributed by atoms with E-state index < -0.39 is 16.0 Å². The molecule has 20 heavy (non-hydrogen) atoms. The highest BCUT2D eigenvalue weighted by atomic mass is 35.5. The van der Waals surface area contributed by atoms with Crippen LogP contribution >= 0.6 is 11.6 Å². The monoisotopic (exact) mass is 317 g/mol. The van der Waals surface area contributed by atoms with E-state index in [1.165, 1.54) is 29.6 Å². The zero-order chi connectivity index (χ0) is 14.8. The molecule has 0 radical (unpaired) electrons. The minimum absolute atomic E-state index is 0.0345. The van der Waals surface area contributed by atoms with E-state index in [0.29, 0.717) is 13.1 Å². The van der Waals surface area contributed by atoms with Crippen LogP contribution < -0.4 is 0 Å². The minimum Gasteiger partial charge on any atom is -0.465 e. The van der Waals surface area contributed by atoms with Crippen molar-refractivity contribution in [2.24, 2.45) is 0 Å². The molecule has 0 spiro atoms. The molecule has 0 aromatic heterocycles. The molecular weight excluding hydrogens is 302 g/mol. The molecule has 0 atom stereocenters. The van der Waals surface area contributed by atoms with E-state index in [4.69, 9.17) is 11.6 Å². The number of hydrogen-bond acceptors (Lipinski definition) is 4. The first-order valence-corrected chi connectivity index (χ1v) is 8.16.